The number of ether oxygens (including phenoxy) is 2. The largest absolute Gasteiger partial charge is 0.493 e. The molecule has 0 atom stereocenters. The summed E-state index contributed by atoms with van der Waals surface area (Å²) in [6, 6.07) is 9.26. The molecule has 120 valence electrons. The number of methoxy groups -OCH3 is 2. The number of carbonyl (C=O) groups excluding carboxylic acids is 1. The minimum atomic E-state index is -0.485. The van der Waals surface area contributed by atoms with Crippen molar-refractivity contribution in [2.24, 2.45) is 0 Å². The molecule has 0 aliphatic heterocycles. The standard InChI is InChI=1S/C16H16N2O5/c1-10-4-6-12(9-13(10)18(20)21)17-16(19)11-5-7-14(22-2)15(8-11)23-3/h4-9H,1-3H3,(H,17,19). The van der Waals surface area contributed by atoms with Crippen molar-refractivity contribution in [1.29, 1.82) is 0 Å². The number of carbonyl (C=O) groups is 1. The first-order valence-electron chi connectivity index (χ1n) is 6.74. The molecule has 0 heterocycles. The molecule has 23 heavy (non-hydrogen) atoms. The molecule has 2 aromatic carbocycles. The van der Waals surface area contributed by atoms with E-state index in [4.69, 9.17) is 9.47 Å². The number of benzene rings is 2. The first-order valence-corrected chi connectivity index (χ1v) is 6.74. The van der Waals surface area contributed by atoms with Crippen LogP contribution in [0, 0.1) is 17.0 Å². The summed E-state index contributed by atoms with van der Waals surface area (Å²) in [5, 5.41) is 13.6. The predicted molar refractivity (Wildman–Crippen MR) is 85.3 cm³/mol. The molecule has 2 rings (SSSR count). The smallest absolute Gasteiger partial charge is 0.274 e. The van der Waals surface area contributed by atoms with Crippen LogP contribution in [0.25, 0.3) is 0 Å². The fourth-order valence-corrected chi connectivity index (χ4v) is 2.06. The van der Waals surface area contributed by atoms with E-state index in [1.54, 1.807) is 31.2 Å². The van der Waals surface area contributed by atoms with Crippen LogP contribution < -0.4 is 14.8 Å². The Hall–Kier alpha value is -3.09. The number of nitro benzene ring substituents is 1. The van der Waals surface area contributed by atoms with Gasteiger partial charge in [-0.25, -0.2) is 0 Å². The first kappa shape index (κ1) is 16.3. The van der Waals surface area contributed by atoms with Crippen LogP contribution in [0.5, 0.6) is 11.5 Å². The van der Waals surface area contributed by atoms with Crippen LogP contribution in [0.1, 0.15) is 15.9 Å². The Labute approximate surface area is 133 Å². The van der Waals surface area contributed by atoms with Crippen LogP contribution >= 0.6 is 0 Å². The molecule has 0 bridgehead atoms. The maximum Gasteiger partial charge on any atom is 0.274 e. The zero-order chi connectivity index (χ0) is 17.0. The summed E-state index contributed by atoms with van der Waals surface area (Å²) in [5.74, 6) is 0.536. The first-order chi connectivity index (χ1) is 11.0. The minimum Gasteiger partial charge on any atom is -0.493 e. The lowest BCUT2D eigenvalue weighted by atomic mass is 10.1. The van der Waals surface area contributed by atoms with Crippen molar-refractivity contribution in [2.45, 2.75) is 6.92 Å². The Morgan fingerprint density at radius 1 is 1.09 bits per heavy atom. The van der Waals surface area contributed by atoms with Gasteiger partial charge in [-0.15, -0.1) is 0 Å². The second kappa shape index (κ2) is 6.78. The Kier molecular flexibility index (Phi) is 4.80. The summed E-state index contributed by atoms with van der Waals surface area (Å²) >= 11 is 0. The lowest BCUT2D eigenvalue weighted by molar-refractivity contribution is -0.385. The van der Waals surface area contributed by atoms with Gasteiger partial charge < -0.3 is 14.8 Å². The van der Waals surface area contributed by atoms with Gasteiger partial charge in [0.25, 0.3) is 11.6 Å². The van der Waals surface area contributed by atoms with Crippen molar-refractivity contribution >= 4 is 17.3 Å². The number of nitro groups is 1. The highest BCUT2D eigenvalue weighted by molar-refractivity contribution is 6.04. The second-order valence-corrected chi connectivity index (χ2v) is 4.78. The Morgan fingerprint density at radius 2 is 1.78 bits per heavy atom. The Bertz CT molecular complexity index is 758. The van der Waals surface area contributed by atoms with Crippen molar-refractivity contribution in [3.63, 3.8) is 0 Å². The maximum absolute atomic E-state index is 12.3. The Morgan fingerprint density at radius 3 is 2.39 bits per heavy atom. The van der Waals surface area contributed by atoms with E-state index in [0.29, 0.717) is 28.3 Å². The van der Waals surface area contributed by atoms with Crippen LogP contribution in [0.15, 0.2) is 36.4 Å². The van der Waals surface area contributed by atoms with Crippen molar-refractivity contribution in [2.75, 3.05) is 19.5 Å². The summed E-state index contributed by atoms with van der Waals surface area (Å²) in [7, 11) is 2.98. The molecule has 0 aromatic heterocycles. The lowest BCUT2D eigenvalue weighted by Crippen LogP contribution is -2.12. The fraction of sp³-hybridized carbons (Fsp3) is 0.188. The van der Waals surface area contributed by atoms with Crippen LogP contribution in [-0.4, -0.2) is 25.1 Å². The van der Waals surface area contributed by atoms with Gasteiger partial charge in [-0.1, -0.05) is 6.07 Å². The highest BCUT2D eigenvalue weighted by Gasteiger charge is 2.14. The van der Waals surface area contributed by atoms with Gasteiger partial charge in [0.05, 0.1) is 19.1 Å². The molecule has 0 spiro atoms. The average molecular weight is 316 g/mol. The van der Waals surface area contributed by atoms with Gasteiger partial charge in [0.15, 0.2) is 11.5 Å². The zero-order valence-corrected chi connectivity index (χ0v) is 13.0. The zero-order valence-electron chi connectivity index (χ0n) is 13.0. The van der Waals surface area contributed by atoms with E-state index in [0.717, 1.165) is 0 Å². The van der Waals surface area contributed by atoms with E-state index in [-0.39, 0.29) is 5.69 Å². The van der Waals surface area contributed by atoms with Crippen LogP contribution in [-0.2, 0) is 0 Å². The summed E-state index contributed by atoms with van der Waals surface area (Å²) < 4.78 is 10.3. The Balaban J connectivity index is 2.25. The third-order valence-electron chi connectivity index (χ3n) is 3.31. The van der Waals surface area contributed by atoms with Crippen molar-refractivity contribution in [1.82, 2.24) is 0 Å². The number of nitrogens with zero attached hydrogens (tertiary/aromatic N) is 1. The average Bonchev–Trinajstić information content (AvgIpc) is 2.55. The van der Waals surface area contributed by atoms with Crippen LogP contribution in [0.2, 0.25) is 0 Å². The highest BCUT2D eigenvalue weighted by Crippen LogP contribution is 2.28. The molecule has 7 nitrogen and oxygen atoms in total. The van der Waals surface area contributed by atoms with E-state index in [1.807, 2.05) is 0 Å². The van der Waals surface area contributed by atoms with Gasteiger partial charge >= 0.3 is 0 Å². The monoisotopic (exact) mass is 316 g/mol. The van der Waals surface area contributed by atoms with Gasteiger partial charge in [0.1, 0.15) is 0 Å². The van der Waals surface area contributed by atoms with Gasteiger partial charge in [0, 0.05) is 22.9 Å². The molecule has 1 N–H and O–H groups in total. The van der Waals surface area contributed by atoms with E-state index in [9.17, 15) is 14.9 Å². The molecule has 0 aliphatic carbocycles. The molecular weight excluding hydrogens is 300 g/mol. The molecular formula is C16H16N2O5. The minimum absolute atomic E-state index is 0.0462. The van der Waals surface area contributed by atoms with E-state index >= 15 is 0 Å². The van der Waals surface area contributed by atoms with Gasteiger partial charge in [0.2, 0.25) is 0 Å². The molecule has 0 saturated heterocycles. The molecule has 2 aromatic rings. The maximum atomic E-state index is 12.3. The fourth-order valence-electron chi connectivity index (χ4n) is 2.06. The molecule has 0 saturated carbocycles. The molecule has 0 radical (unpaired) electrons. The SMILES string of the molecule is COc1ccc(C(=O)Nc2ccc(C)c([N+](=O)[O-])c2)cc1OC. The van der Waals surface area contributed by atoms with Gasteiger partial charge in [-0.05, 0) is 31.2 Å². The summed E-state index contributed by atoms with van der Waals surface area (Å²) in [6.45, 7) is 1.64. The molecule has 7 heteroatoms. The molecule has 0 aliphatic rings. The molecule has 0 unspecified atom stereocenters. The van der Waals surface area contributed by atoms with E-state index in [2.05, 4.69) is 5.32 Å². The van der Waals surface area contributed by atoms with E-state index in [1.165, 1.54) is 26.4 Å². The third kappa shape index (κ3) is 3.57. The predicted octanol–water partition coefficient (Wildman–Crippen LogP) is 3.17. The number of hydrogen-bond acceptors (Lipinski definition) is 5. The van der Waals surface area contributed by atoms with Crippen molar-refractivity contribution < 1.29 is 19.2 Å². The normalized spacial score (nSPS) is 10.0. The summed E-state index contributed by atoms with van der Waals surface area (Å²) in [6.07, 6.45) is 0. The van der Waals surface area contributed by atoms with Crippen molar-refractivity contribution in [3.8, 4) is 11.5 Å². The molecule has 1 amide bonds. The number of nitrogens with one attached hydrogen (secondary N) is 1. The van der Waals surface area contributed by atoms with Crippen LogP contribution in [0.3, 0.4) is 0 Å². The second-order valence-electron chi connectivity index (χ2n) is 4.78. The van der Waals surface area contributed by atoms with Gasteiger partial charge in [-0.3, -0.25) is 14.9 Å². The summed E-state index contributed by atoms with van der Waals surface area (Å²) in [4.78, 5) is 22.7. The van der Waals surface area contributed by atoms with Crippen LogP contribution in [0.4, 0.5) is 11.4 Å². The molecule has 0 fully saturated rings. The van der Waals surface area contributed by atoms with Gasteiger partial charge in [-0.2, -0.15) is 0 Å². The number of hydrogen-bond donors (Lipinski definition) is 1. The lowest BCUT2D eigenvalue weighted by Gasteiger charge is -2.10. The van der Waals surface area contributed by atoms with Crippen molar-refractivity contribution in [3.05, 3.63) is 57.6 Å². The quantitative estimate of drug-likeness (QED) is 0.676. The number of rotatable bonds is 5. The highest BCUT2D eigenvalue weighted by atomic mass is 16.6. The number of amides is 1. The van der Waals surface area contributed by atoms with E-state index < -0.39 is 10.8 Å². The number of aryl methyl sites for hydroxylation is 1. The number of anilines is 1. The third-order valence-corrected chi connectivity index (χ3v) is 3.31. The summed E-state index contributed by atoms with van der Waals surface area (Å²) in [5.41, 5.74) is 1.18. The topological polar surface area (TPSA) is 90.7 Å².